The topological polar surface area (TPSA) is 66.6 Å². The van der Waals surface area contributed by atoms with E-state index in [-0.39, 0.29) is 24.3 Å². The van der Waals surface area contributed by atoms with Crippen molar-refractivity contribution in [3.05, 3.63) is 0 Å². The minimum Gasteiger partial charge on any atom is -0.369 e. The third-order valence-corrected chi connectivity index (χ3v) is 3.95. The molecule has 2 aliphatic rings. The number of rotatable bonds is 3. The first-order valence-electron chi connectivity index (χ1n) is 5.54. The monoisotopic (exact) mass is 243 g/mol. The van der Waals surface area contributed by atoms with E-state index in [0.717, 1.165) is 24.6 Å². The minimum absolute atomic E-state index is 0.0856. The number of thioether (sulfide) groups is 1. The van der Waals surface area contributed by atoms with E-state index in [0.29, 0.717) is 13.1 Å². The van der Waals surface area contributed by atoms with Gasteiger partial charge in [-0.05, 0) is 0 Å². The van der Waals surface area contributed by atoms with Crippen molar-refractivity contribution in [1.29, 1.82) is 0 Å². The number of carbonyl (C=O) groups excluding carboxylic acids is 2. The van der Waals surface area contributed by atoms with E-state index in [4.69, 9.17) is 5.73 Å². The van der Waals surface area contributed by atoms with E-state index in [2.05, 4.69) is 0 Å². The van der Waals surface area contributed by atoms with Crippen molar-refractivity contribution in [2.24, 2.45) is 11.7 Å². The van der Waals surface area contributed by atoms with Gasteiger partial charge in [0.2, 0.25) is 11.8 Å². The second-order valence-electron chi connectivity index (χ2n) is 4.29. The Bertz CT molecular complexity index is 286. The molecule has 2 rings (SSSR count). The lowest BCUT2D eigenvalue weighted by atomic mass is 9.98. The number of carbonyl (C=O) groups is 2. The average molecular weight is 243 g/mol. The predicted octanol–water partition coefficient (Wildman–Crippen LogP) is -1.02. The zero-order valence-electron chi connectivity index (χ0n) is 9.22. The summed E-state index contributed by atoms with van der Waals surface area (Å²) < 4.78 is 0. The predicted molar refractivity (Wildman–Crippen MR) is 63.0 cm³/mol. The van der Waals surface area contributed by atoms with Crippen LogP contribution in [0.3, 0.4) is 0 Å². The van der Waals surface area contributed by atoms with E-state index < -0.39 is 0 Å². The Kier molecular flexibility index (Phi) is 3.70. The first-order valence-corrected chi connectivity index (χ1v) is 6.69. The fourth-order valence-electron chi connectivity index (χ4n) is 2.12. The molecule has 2 saturated heterocycles. The van der Waals surface area contributed by atoms with Crippen LogP contribution >= 0.6 is 11.8 Å². The lowest BCUT2D eigenvalue weighted by Crippen LogP contribution is -2.57. The van der Waals surface area contributed by atoms with Gasteiger partial charge in [-0.15, -0.1) is 0 Å². The van der Waals surface area contributed by atoms with E-state index in [1.165, 1.54) is 0 Å². The summed E-state index contributed by atoms with van der Waals surface area (Å²) in [6.45, 7) is 3.39. The molecular formula is C10H17N3O2S. The van der Waals surface area contributed by atoms with E-state index in [9.17, 15) is 9.59 Å². The zero-order chi connectivity index (χ0) is 11.5. The molecule has 2 N–H and O–H groups in total. The Morgan fingerprint density at radius 1 is 1.25 bits per heavy atom. The number of nitrogens with two attached hydrogens (primary N) is 1. The highest BCUT2D eigenvalue weighted by molar-refractivity contribution is 7.99. The Hall–Kier alpha value is -0.750. The van der Waals surface area contributed by atoms with Crippen LogP contribution in [0.2, 0.25) is 0 Å². The van der Waals surface area contributed by atoms with Crippen LogP contribution in [-0.4, -0.2) is 65.8 Å². The van der Waals surface area contributed by atoms with Gasteiger partial charge in [-0.3, -0.25) is 14.5 Å². The molecule has 2 aliphatic heterocycles. The first-order chi connectivity index (χ1) is 7.66. The second-order valence-corrected chi connectivity index (χ2v) is 5.52. The van der Waals surface area contributed by atoms with Crippen molar-refractivity contribution in [3.63, 3.8) is 0 Å². The first kappa shape index (κ1) is 11.7. The molecule has 2 heterocycles. The van der Waals surface area contributed by atoms with Crippen molar-refractivity contribution >= 4 is 23.6 Å². The third-order valence-electron chi connectivity index (χ3n) is 3.01. The lowest BCUT2D eigenvalue weighted by molar-refractivity contribution is -0.142. The Morgan fingerprint density at radius 3 is 2.44 bits per heavy atom. The summed E-state index contributed by atoms with van der Waals surface area (Å²) in [5.74, 6) is 2.11. The summed E-state index contributed by atoms with van der Waals surface area (Å²) in [7, 11) is 0. The molecule has 0 atom stereocenters. The fourth-order valence-corrected chi connectivity index (χ4v) is 3.02. The van der Waals surface area contributed by atoms with Gasteiger partial charge >= 0.3 is 0 Å². The fraction of sp³-hybridized carbons (Fsp3) is 0.800. The summed E-state index contributed by atoms with van der Waals surface area (Å²) in [6, 6.07) is 0. The Labute approximate surface area is 99.3 Å². The lowest BCUT2D eigenvalue weighted by Gasteiger charge is -2.40. The molecule has 0 bridgehead atoms. The van der Waals surface area contributed by atoms with Crippen LogP contribution < -0.4 is 5.73 Å². The molecule has 0 unspecified atom stereocenters. The van der Waals surface area contributed by atoms with Gasteiger partial charge in [0.15, 0.2) is 0 Å². The summed E-state index contributed by atoms with van der Waals surface area (Å²) in [6.07, 6.45) is 0. The van der Waals surface area contributed by atoms with Crippen LogP contribution in [0, 0.1) is 5.92 Å². The minimum atomic E-state index is -0.319. The van der Waals surface area contributed by atoms with Gasteiger partial charge in [0, 0.05) is 37.7 Å². The Morgan fingerprint density at radius 2 is 1.88 bits per heavy atom. The van der Waals surface area contributed by atoms with Gasteiger partial charge in [0.25, 0.3) is 0 Å². The van der Waals surface area contributed by atoms with Crippen molar-refractivity contribution in [3.8, 4) is 0 Å². The largest absolute Gasteiger partial charge is 0.369 e. The van der Waals surface area contributed by atoms with Crippen LogP contribution in [0.5, 0.6) is 0 Å². The maximum absolute atomic E-state index is 12.0. The number of amides is 2. The average Bonchev–Trinajstić information content (AvgIpc) is 2.23. The summed E-state index contributed by atoms with van der Waals surface area (Å²) in [4.78, 5) is 26.5. The van der Waals surface area contributed by atoms with Crippen molar-refractivity contribution in [2.45, 2.75) is 0 Å². The maximum atomic E-state index is 12.0. The molecule has 0 radical (unpaired) electrons. The van der Waals surface area contributed by atoms with Crippen LogP contribution in [0.4, 0.5) is 0 Å². The molecule has 6 heteroatoms. The number of hydrogen-bond donors (Lipinski definition) is 1. The van der Waals surface area contributed by atoms with Crippen LogP contribution in [0.15, 0.2) is 0 Å². The van der Waals surface area contributed by atoms with Crippen molar-refractivity contribution in [1.82, 2.24) is 9.80 Å². The smallest absolute Gasteiger partial charge is 0.231 e. The number of nitrogens with zero attached hydrogens (tertiary/aromatic N) is 2. The quantitative estimate of drug-likeness (QED) is 0.689. The van der Waals surface area contributed by atoms with E-state index in [1.54, 1.807) is 0 Å². The molecule has 0 aliphatic carbocycles. The normalized spacial score (nSPS) is 22.9. The highest BCUT2D eigenvalue weighted by atomic mass is 32.2. The SMILES string of the molecule is NC(=O)CN1CC(C(=O)N2CCSCC2)C1. The number of primary amides is 1. The molecule has 0 spiro atoms. The van der Waals surface area contributed by atoms with Crippen molar-refractivity contribution < 1.29 is 9.59 Å². The Balaban J connectivity index is 1.74. The number of likely N-dealkylation sites (tertiary alicyclic amines) is 1. The molecule has 0 aromatic carbocycles. The highest BCUT2D eigenvalue weighted by Gasteiger charge is 2.35. The van der Waals surface area contributed by atoms with Gasteiger partial charge in [-0.2, -0.15) is 11.8 Å². The molecule has 2 fully saturated rings. The second kappa shape index (κ2) is 5.05. The van der Waals surface area contributed by atoms with Crippen LogP contribution in [0.25, 0.3) is 0 Å². The van der Waals surface area contributed by atoms with E-state index in [1.807, 2.05) is 21.6 Å². The van der Waals surface area contributed by atoms with Gasteiger partial charge in [0.1, 0.15) is 0 Å². The molecule has 0 aromatic heterocycles. The molecule has 2 amide bonds. The molecule has 0 aromatic rings. The van der Waals surface area contributed by atoms with Gasteiger partial charge < -0.3 is 10.6 Å². The molecule has 0 saturated carbocycles. The van der Waals surface area contributed by atoms with Crippen molar-refractivity contribution in [2.75, 3.05) is 44.2 Å². The summed E-state index contributed by atoms with van der Waals surface area (Å²) in [5.41, 5.74) is 5.09. The molecule has 16 heavy (non-hydrogen) atoms. The summed E-state index contributed by atoms with van der Waals surface area (Å²) in [5, 5.41) is 0. The van der Waals surface area contributed by atoms with Crippen LogP contribution in [0.1, 0.15) is 0 Å². The standard InChI is InChI=1S/C10H17N3O2S/c11-9(14)7-12-5-8(6-12)10(15)13-1-3-16-4-2-13/h8H,1-7H2,(H2,11,14). The molecular weight excluding hydrogens is 226 g/mol. The van der Waals surface area contributed by atoms with E-state index >= 15 is 0 Å². The molecule has 90 valence electrons. The summed E-state index contributed by atoms with van der Waals surface area (Å²) >= 11 is 1.90. The van der Waals surface area contributed by atoms with Gasteiger partial charge in [-0.1, -0.05) is 0 Å². The van der Waals surface area contributed by atoms with Gasteiger partial charge in [-0.25, -0.2) is 0 Å². The van der Waals surface area contributed by atoms with Gasteiger partial charge in [0.05, 0.1) is 12.5 Å². The van der Waals surface area contributed by atoms with Crippen LogP contribution in [-0.2, 0) is 9.59 Å². The third kappa shape index (κ3) is 2.68. The number of hydrogen-bond acceptors (Lipinski definition) is 4. The zero-order valence-corrected chi connectivity index (χ0v) is 10.0. The maximum Gasteiger partial charge on any atom is 0.231 e. The molecule has 5 nitrogen and oxygen atoms in total. The highest BCUT2D eigenvalue weighted by Crippen LogP contribution is 2.19.